The summed E-state index contributed by atoms with van der Waals surface area (Å²) in [6, 6.07) is 7.76. The molecular weight excluding hydrogens is 136 g/mol. The molecule has 1 N–H and O–H groups in total. The third-order valence-corrected chi connectivity index (χ3v) is 1.67. The normalized spacial score (nSPS) is 9.55. The molecule has 0 saturated heterocycles. The number of benzene rings is 1. The highest BCUT2D eigenvalue weighted by Gasteiger charge is 1.95. The molecule has 0 spiro atoms. The summed E-state index contributed by atoms with van der Waals surface area (Å²) in [5, 5.41) is 9.05. The molecule has 1 aromatic rings. The Morgan fingerprint density at radius 2 is 2.27 bits per heavy atom. The van der Waals surface area contributed by atoms with Gasteiger partial charge >= 0.3 is 0 Å². The van der Waals surface area contributed by atoms with Gasteiger partial charge in [-0.2, -0.15) is 0 Å². The summed E-state index contributed by atoms with van der Waals surface area (Å²) >= 11 is 0. The van der Waals surface area contributed by atoms with Crippen LogP contribution in [0.3, 0.4) is 0 Å². The highest BCUT2D eigenvalue weighted by Crippen LogP contribution is 2.11. The minimum atomic E-state index is 0.139. The minimum Gasteiger partial charge on any atom is -0.508 e. The molecule has 1 aromatic carbocycles. The van der Waals surface area contributed by atoms with Crippen molar-refractivity contribution in [2.75, 3.05) is 0 Å². The molecular formula is C10H12O. The fourth-order valence-corrected chi connectivity index (χ4v) is 0.971. The fourth-order valence-electron chi connectivity index (χ4n) is 0.971. The lowest BCUT2D eigenvalue weighted by molar-refractivity contribution is 0.513. The van der Waals surface area contributed by atoms with Crippen molar-refractivity contribution in [3.63, 3.8) is 0 Å². The summed E-state index contributed by atoms with van der Waals surface area (Å²) in [6.45, 7) is 5.54. The van der Waals surface area contributed by atoms with Crippen LogP contribution in [-0.4, -0.2) is 5.11 Å². The van der Waals surface area contributed by atoms with E-state index >= 15 is 0 Å². The van der Waals surface area contributed by atoms with Gasteiger partial charge in [0.05, 0.1) is 0 Å². The van der Waals surface area contributed by atoms with Crippen molar-refractivity contribution >= 4 is 5.76 Å². The molecule has 0 saturated carbocycles. The van der Waals surface area contributed by atoms with Crippen LogP contribution in [0.15, 0.2) is 30.8 Å². The molecule has 0 aliphatic rings. The molecule has 0 heterocycles. The summed E-state index contributed by atoms with van der Waals surface area (Å²) in [5.74, 6) is 0.139. The van der Waals surface area contributed by atoms with Gasteiger partial charge in [0, 0.05) is 5.56 Å². The summed E-state index contributed by atoms with van der Waals surface area (Å²) in [7, 11) is 0. The van der Waals surface area contributed by atoms with Crippen molar-refractivity contribution in [2.45, 2.75) is 13.3 Å². The van der Waals surface area contributed by atoms with Crippen molar-refractivity contribution in [3.05, 3.63) is 42.0 Å². The predicted molar refractivity (Wildman–Crippen MR) is 47.5 cm³/mol. The van der Waals surface area contributed by atoms with Crippen molar-refractivity contribution in [2.24, 2.45) is 0 Å². The number of aryl methyl sites for hydroxylation is 1. The SMILES string of the molecule is C=C(O)c1cccc(CC)c1. The highest BCUT2D eigenvalue weighted by atomic mass is 16.3. The number of rotatable bonds is 2. The van der Waals surface area contributed by atoms with Crippen molar-refractivity contribution in [1.29, 1.82) is 0 Å². The Morgan fingerprint density at radius 1 is 1.55 bits per heavy atom. The molecule has 1 heteroatoms. The van der Waals surface area contributed by atoms with Crippen molar-refractivity contribution in [3.8, 4) is 0 Å². The standard InChI is InChI=1S/C10H12O/c1-3-9-5-4-6-10(7-9)8(2)11/h4-7,11H,2-3H2,1H3. The Morgan fingerprint density at radius 3 is 2.82 bits per heavy atom. The van der Waals surface area contributed by atoms with E-state index in [-0.39, 0.29) is 5.76 Å². The molecule has 0 bridgehead atoms. The molecule has 1 nitrogen and oxygen atoms in total. The molecule has 11 heavy (non-hydrogen) atoms. The quantitative estimate of drug-likeness (QED) is 0.639. The lowest BCUT2D eigenvalue weighted by Gasteiger charge is -2.00. The van der Waals surface area contributed by atoms with Gasteiger partial charge in [-0.25, -0.2) is 0 Å². The number of hydrogen-bond donors (Lipinski definition) is 1. The molecule has 0 fully saturated rings. The second-order valence-electron chi connectivity index (χ2n) is 2.50. The van der Waals surface area contributed by atoms with Crippen LogP contribution < -0.4 is 0 Å². The van der Waals surface area contributed by atoms with E-state index in [0.29, 0.717) is 0 Å². The van der Waals surface area contributed by atoms with E-state index in [2.05, 4.69) is 13.5 Å². The number of aliphatic hydroxyl groups excluding tert-OH is 1. The number of aliphatic hydroxyl groups is 1. The van der Waals surface area contributed by atoms with E-state index in [9.17, 15) is 0 Å². The summed E-state index contributed by atoms with van der Waals surface area (Å²) in [5.41, 5.74) is 2.03. The zero-order valence-corrected chi connectivity index (χ0v) is 6.67. The van der Waals surface area contributed by atoms with Crippen molar-refractivity contribution < 1.29 is 5.11 Å². The Labute approximate surface area is 67.0 Å². The fraction of sp³-hybridized carbons (Fsp3) is 0.200. The first-order valence-corrected chi connectivity index (χ1v) is 3.71. The topological polar surface area (TPSA) is 20.2 Å². The van der Waals surface area contributed by atoms with Gasteiger partial charge in [0.25, 0.3) is 0 Å². The Bertz CT molecular complexity index is 263. The van der Waals surface area contributed by atoms with Gasteiger partial charge in [0.15, 0.2) is 0 Å². The maximum Gasteiger partial charge on any atom is 0.115 e. The first-order valence-electron chi connectivity index (χ1n) is 3.71. The molecule has 0 aliphatic carbocycles. The highest BCUT2D eigenvalue weighted by molar-refractivity contribution is 5.56. The van der Waals surface area contributed by atoms with E-state index in [4.69, 9.17) is 5.11 Å². The van der Waals surface area contributed by atoms with Gasteiger partial charge in [-0.15, -0.1) is 0 Å². The van der Waals surface area contributed by atoms with Gasteiger partial charge in [-0.1, -0.05) is 31.7 Å². The lowest BCUT2D eigenvalue weighted by Crippen LogP contribution is -1.84. The van der Waals surface area contributed by atoms with Crippen LogP contribution in [0.4, 0.5) is 0 Å². The first-order chi connectivity index (χ1) is 5.24. The third kappa shape index (κ3) is 1.84. The molecule has 0 aromatic heterocycles. The van der Waals surface area contributed by atoms with Gasteiger partial charge in [-0.05, 0) is 18.1 Å². The van der Waals surface area contributed by atoms with Crippen LogP contribution in [0.1, 0.15) is 18.1 Å². The average Bonchev–Trinajstić information content (AvgIpc) is 2.05. The molecule has 0 aliphatic heterocycles. The second-order valence-corrected chi connectivity index (χ2v) is 2.50. The van der Waals surface area contributed by atoms with Gasteiger partial charge in [0.1, 0.15) is 5.76 Å². The number of hydrogen-bond acceptors (Lipinski definition) is 1. The van der Waals surface area contributed by atoms with E-state index in [1.807, 2.05) is 24.3 Å². The zero-order valence-electron chi connectivity index (χ0n) is 6.67. The average molecular weight is 148 g/mol. The van der Waals surface area contributed by atoms with Crippen LogP contribution >= 0.6 is 0 Å². The summed E-state index contributed by atoms with van der Waals surface area (Å²) < 4.78 is 0. The molecule has 0 amide bonds. The Balaban J connectivity index is 3.01. The van der Waals surface area contributed by atoms with E-state index < -0.39 is 0 Å². The zero-order chi connectivity index (χ0) is 8.27. The lowest BCUT2D eigenvalue weighted by atomic mass is 10.1. The van der Waals surface area contributed by atoms with Gasteiger partial charge < -0.3 is 5.11 Å². The maximum atomic E-state index is 9.05. The van der Waals surface area contributed by atoms with Crippen LogP contribution in [0.5, 0.6) is 0 Å². The Hall–Kier alpha value is -1.24. The molecule has 58 valence electrons. The van der Waals surface area contributed by atoms with Crippen LogP contribution in [0.2, 0.25) is 0 Å². The molecule has 0 atom stereocenters. The van der Waals surface area contributed by atoms with Crippen LogP contribution in [0, 0.1) is 0 Å². The van der Waals surface area contributed by atoms with Gasteiger partial charge in [0.2, 0.25) is 0 Å². The van der Waals surface area contributed by atoms with Crippen LogP contribution in [0.25, 0.3) is 5.76 Å². The third-order valence-electron chi connectivity index (χ3n) is 1.67. The maximum absolute atomic E-state index is 9.05. The molecule has 0 radical (unpaired) electrons. The largest absolute Gasteiger partial charge is 0.508 e. The van der Waals surface area contributed by atoms with Crippen molar-refractivity contribution in [1.82, 2.24) is 0 Å². The van der Waals surface area contributed by atoms with E-state index in [1.54, 1.807) is 0 Å². The first kappa shape index (κ1) is 7.86. The Kier molecular flexibility index (Phi) is 2.32. The van der Waals surface area contributed by atoms with Crippen LogP contribution in [-0.2, 0) is 6.42 Å². The molecule has 1 rings (SSSR count). The summed E-state index contributed by atoms with van der Waals surface area (Å²) in [4.78, 5) is 0. The van der Waals surface area contributed by atoms with E-state index in [0.717, 1.165) is 12.0 Å². The second kappa shape index (κ2) is 3.24. The van der Waals surface area contributed by atoms with Gasteiger partial charge in [-0.3, -0.25) is 0 Å². The predicted octanol–water partition coefficient (Wildman–Crippen LogP) is 2.78. The monoisotopic (exact) mass is 148 g/mol. The smallest absolute Gasteiger partial charge is 0.115 e. The summed E-state index contributed by atoms with van der Waals surface area (Å²) in [6.07, 6.45) is 0.987. The molecule has 0 unspecified atom stereocenters. The van der Waals surface area contributed by atoms with E-state index in [1.165, 1.54) is 5.56 Å². The minimum absolute atomic E-state index is 0.139.